The molecular weight excluding hydrogens is 236 g/mol. The van der Waals surface area contributed by atoms with Crippen molar-refractivity contribution >= 4 is 5.78 Å². The molecule has 0 aromatic heterocycles. The monoisotopic (exact) mass is 254 g/mol. The summed E-state index contributed by atoms with van der Waals surface area (Å²) in [7, 11) is 3.00. The number of aliphatic hydroxyl groups excluding tert-OH is 1. The molecule has 0 saturated heterocycles. The predicted molar refractivity (Wildman–Crippen MR) is 66.4 cm³/mol. The minimum Gasteiger partial charge on any atom is -0.493 e. The van der Waals surface area contributed by atoms with Crippen LogP contribution in [0.2, 0.25) is 0 Å². The van der Waals surface area contributed by atoms with Crippen LogP contribution in [0.25, 0.3) is 0 Å². The van der Waals surface area contributed by atoms with Crippen molar-refractivity contribution in [2.24, 2.45) is 0 Å². The van der Waals surface area contributed by atoms with E-state index in [0.29, 0.717) is 17.1 Å². The zero-order valence-electron chi connectivity index (χ0n) is 10.8. The molecule has 1 rings (SSSR count). The van der Waals surface area contributed by atoms with Crippen LogP contribution in [0.5, 0.6) is 11.5 Å². The first-order valence-corrected chi connectivity index (χ1v) is 5.57. The summed E-state index contributed by atoms with van der Waals surface area (Å²) < 4.78 is 15.3. The van der Waals surface area contributed by atoms with Gasteiger partial charge in [0.15, 0.2) is 17.3 Å². The summed E-state index contributed by atoms with van der Waals surface area (Å²) >= 11 is 0. The van der Waals surface area contributed by atoms with Crippen molar-refractivity contribution in [1.82, 2.24) is 0 Å². The van der Waals surface area contributed by atoms with Gasteiger partial charge in [-0.15, -0.1) is 0 Å². The first-order chi connectivity index (χ1) is 8.58. The third kappa shape index (κ3) is 4.01. The van der Waals surface area contributed by atoms with Gasteiger partial charge in [-0.05, 0) is 25.1 Å². The van der Waals surface area contributed by atoms with Crippen molar-refractivity contribution in [3.05, 3.63) is 23.8 Å². The first kappa shape index (κ1) is 14.5. The molecular formula is C13H18O5. The van der Waals surface area contributed by atoms with Crippen molar-refractivity contribution in [1.29, 1.82) is 0 Å². The Hall–Kier alpha value is -1.59. The number of carbonyl (C=O) groups is 1. The quantitative estimate of drug-likeness (QED) is 0.743. The van der Waals surface area contributed by atoms with Crippen molar-refractivity contribution in [3.8, 4) is 11.5 Å². The molecule has 5 heteroatoms. The minimum atomic E-state index is -0.702. The molecule has 1 N–H and O–H groups in total. The van der Waals surface area contributed by atoms with Crippen LogP contribution in [0.15, 0.2) is 18.2 Å². The van der Waals surface area contributed by atoms with E-state index in [0.717, 1.165) is 0 Å². The SMILES string of the molecule is COCC(O)COc1ccc(C(C)=O)cc1OC. The maximum absolute atomic E-state index is 11.2. The Kier molecular flexibility index (Phi) is 5.61. The molecule has 0 bridgehead atoms. The molecule has 0 fully saturated rings. The van der Waals surface area contributed by atoms with E-state index in [-0.39, 0.29) is 19.0 Å². The Morgan fingerprint density at radius 2 is 2.00 bits per heavy atom. The highest BCUT2D eigenvalue weighted by atomic mass is 16.5. The van der Waals surface area contributed by atoms with Crippen molar-refractivity contribution in [2.75, 3.05) is 27.4 Å². The van der Waals surface area contributed by atoms with E-state index in [2.05, 4.69) is 0 Å². The summed E-state index contributed by atoms with van der Waals surface area (Å²) in [5, 5.41) is 9.47. The van der Waals surface area contributed by atoms with E-state index in [1.54, 1.807) is 18.2 Å². The fourth-order valence-electron chi connectivity index (χ4n) is 1.43. The maximum Gasteiger partial charge on any atom is 0.161 e. The highest BCUT2D eigenvalue weighted by molar-refractivity contribution is 5.94. The second-order valence-electron chi connectivity index (χ2n) is 3.84. The van der Waals surface area contributed by atoms with Crippen LogP contribution in [0.1, 0.15) is 17.3 Å². The number of rotatable bonds is 7. The Balaban J connectivity index is 2.73. The summed E-state index contributed by atoms with van der Waals surface area (Å²) in [6.07, 6.45) is -0.702. The molecule has 0 aliphatic heterocycles. The van der Waals surface area contributed by atoms with Crippen LogP contribution in [-0.2, 0) is 4.74 Å². The zero-order chi connectivity index (χ0) is 13.5. The molecule has 1 atom stereocenters. The van der Waals surface area contributed by atoms with Gasteiger partial charge in [-0.25, -0.2) is 0 Å². The van der Waals surface area contributed by atoms with E-state index in [4.69, 9.17) is 14.2 Å². The van der Waals surface area contributed by atoms with E-state index >= 15 is 0 Å². The van der Waals surface area contributed by atoms with E-state index in [9.17, 15) is 9.90 Å². The Bertz CT molecular complexity index is 402. The van der Waals surface area contributed by atoms with E-state index in [1.165, 1.54) is 21.1 Å². The normalized spacial score (nSPS) is 12.0. The Labute approximate surface area is 106 Å². The van der Waals surface area contributed by atoms with Gasteiger partial charge in [-0.2, -0.15) is 0 Å². The van der Waals surface area contributed by atoms with Gasteiger partial charge >= 0.3 is 0 Å². The van der Waals surface area contributed by atoms with Crippen LogP contribution in [-0.4, -0.2) is 44.4 Å². The van der Waals surface area contributed by atoms with Crippen LogP contribution >= 0.6 is 0 Å². The molecule has 0 spiro atoms. The lowest BCUT2D eigenvalue weighted by Crippen LogP contribution is -2.22. The zero-order valence-corrected chi connectivity index (χ0v) is 10.8. The number of hydrogen-bond acceptors (Lipinski definition) is 5. The largest absolute Gasteiger partial charge is 0.493 e. The summed E-state index contributed by atoms with van der Waals surface area (Å²) in [5.74, 6) is 0.907. The average molecular weight is 254 g/mol. The minimum absolute atomic E-state index is 0.0423. The lowest BCUT2D eigenvalue weighted by atomic mass is 10.1. The lowest BCUT2D eigenvalue weighted by molar-refractivity contribution is 0.0319. The summed E-state index contributed by atoms with van der Waals surface area (Å²) in [6, 6.07) is 4.92. The standard InChI is InChI=1S/C13H18O5/c1-9(14)10-4-5-12(13(6-10)17-3)18-8-11(15)7-16-2/h4-6,11,15H,7-8H2,1-3H3. The van der Waals surface area contributed by atoms with Gasteiger partial charge < -0.3 is 19.3 Å². The third-order valence-corrected chi connectivity index (χ3v) is 2.36. The summed E-state index contributed by atoms with van der Waals surface area (Å²) in [5.41, 5.74) is 0.552. The summed E-state index contributed by atoms with van der Waals surface area (Å²) in [4.78, 5) is 11.2. The van der Waals surface area contributed by atoms with E-state index < -0.39 is 6.10 Å². The fraction of sp³-hybridized carbons (Fsp3) is 0.462. The number of ketones is 1. The topological polar surface area (TPSA) is 65.0 Å². The molecule has 0 saturated carbocycles. The Morgan fingerprint density at radius 3 is 2.56 bits per heavy atom. The van der Waals surface area contributed by atoms with Gasteiger partial charge in [0.1, 0.15) is 12.7 Å². The third-order valence-electron chi connectivity index (χ3n) is 2.36. The smallest absolute Gasteiger partial charge is 0.161 e. The number of benzene rings is 1. The van der Waals surface area contributed by atoms with Gasteiger partial charge in [0.25, 0.3) is 0 Å². The number of aliphatic hydroxyl groups is 1. The Morgan fingerprint density at radius 1 is 1.28 bits per heavy atom. The van der Waals surface area contributed by atoms with Crippen molar-refractivity contribution in [2.45, 2.75) is 13.0 Å². The molecule has 1 aromatic rings. The van der Waals surface area contributed by atoms with E-state index in [1.807, 2.05) is 0 Å². The predicted octanol–water partition coefficient (Wildman–Crippen LogP) is 1.28. The average Bonchev–Trinajstić information content (AvgIpc) is 2.36. The van der Waals surface area contributed by atoms with Crippen LogP contribution in [0, 0.1) is 0 Å². The molecule has 0 heterocycles. The highest BCUT2D eigenvalue weighted by Crippen LogP contribution is 2.28. The molecule has 18 heavy (non-hydrogen) atoms. The van der Waals surface area contributed by atoms with Crippen molar-refractivity contribution in [3.63, 3.8) is 0 Å². The number of ether oxygens (including phenoxy) is 3. The lowest BCUT2D eigenvalue weighted by Gasteiger charge is -2.14. The molecule has 5 nitrogen and oxygen atoms in total. The number of hydrogen-bond donors (Lipinski definition) is 1. The summed E-state index contributed by atoms with van der Waals surface area (Å²) in [6.45, 7) is 1.79. The molecule has 100 valence electrons. The molecule has 0 radical (unpaired) electrons. The second-order valence-corrected chi connectivity index (χ2v) is 3.84. The van der Waals surface area contributed by atoms with Gasteiger partial charge in [-0.3, -0.25) is 4.79 Å². The highest BCUT2D eigenvalue weighted by Gasteiger charge is 2.10. The second kappa shape index (κ2) is 6.98. The number of carbonyl (C=O) groups excluding carboxylic acids is 1. The van der Waals surface area contributed by atoms with Gasteiger partial charge in [-0.1, -0.05) is 0 Å². The van der Waals surface area contributed by atoms with Gasteiger partial charge in [0.05, 0.1) is 13.7 Å². The molecule has 0 aliphatic carbocycles. The van der Waals surface area contributed by atoms with Gasteiger partial charge in [0.2, 0.25) is 0 Å². The number of Topliss-reactive ketones (excluding diaryl/α,β-unsaturated/α-hetero) is 1. The molecule has 1 aromatic carbocycles. The molecule has 0 amide bonds. The first-order valence-electron chi connectivity index (χ1n) is 5.57. The van der Waals surface area contributed by atoms with Crippen LogP contribution in [0.3, 0.4) is 0 Å². The van der Waals surface area contributed by atoms with Gasteiger partial charge in [0, 0.05) is 12.7 Å². The maximum atomic E-state index is 11.2. The van der Waals surface area contributed by atoms with Crippen LogP contribution < -0.4 is 9.47 Å². The molecule has 1 unspecified atom stereocenters. The molecule has 0 aliphatic rings. The fourth-order valence-corrected chi connectivity index (χ4v) is 1.43. The van der Waals surface area contributed by atoms with Crippen molar-refractivity contribution < 1.29 is 24.1 Å². The number of methoxy groups -OCH3 is 2. The van der Waals surface area contributed by atoms with Crippen LogP contribution in [0.4, 0.5) is 0 Å².